The highest BCUT2D eigenvalue weighted by Gasteiger charge is 2.10. The molecule has 0 aliphatic heterocycles. The molecule has 0 saturated carbocycles. The summed E-state index contributed by atoms with van der Waals surface area (Å²) >= 11 is 0. The first-order valence-electron chi connectivity index (χ1n) is 7.63. The third kappa shape index (κ3) is 3.48. The second-order valence-electron chi connectivity index (χ2n) is 4.83. The zero-order valence-electron chi connectivity index (χ0n) is 13.6. The van der Waals surface area contributed by atoms with E-state index in [0.717, 1.165) is 16.8 Å². The van der Waals surface area contributed by atoms with Crippen molar-refractivity contribution in [2.24, 2.45) is 0 Å². The van der Waals surface area contributed by atoms with E-state index in [-0.39, 0.29) is 10.6 Å². The summed E-state index contributed by atoms with van der Waals surface area (Å²) in [5.74, 6) is 0. The summed E-state index contributed by atoms with van der Waals surface area (Å²) in [6, 6.07) is 20.9. The molecule has 0 bridgehead atoms. The number of fused-ring (bicyclic) bond motifs is 1. The average Bonchev–Trinajstić information content (AvgIpc) is 2.62. The van der Waals surface area contributed by atoms with Gasteiger partial charge in [0.25, 0.3) is 5.69 Å². The Balaban J connectivity index is 0.000000924. The second kappa shape index (κ2) is 7.40. The summed E-state index contributed by atoms with van der Waals surface area (Å²) in [5, 5.41) is 13.0. The molecule has 0 N–H and O–H groups in total. The van der Waals surface area contributed by atoms with Crippen LogP contribution in [0.3, 0.4) is 0 Å². The molecular formula is C19H20N2O2. The maximum absolute atomic E-state index is 10.7. The predicted molar refractivity (Wildman–Crippen MR) is 96.5 cm³/mol. The van der Waals surface area contributed by atoms with Gasteiger partial charge in [0.1, 0.15) is 0 Å². The first kappa shape index (κ1) is 16.5. The van der Waals surface area contributed by atoms with E-state index in [1.54, 1.807) is 12.1 Å². The van der Waals surface area contributed by atoms with Crippen LogP contribution in [-0.4, -0.2) is 12.0 Å². The zero-order chi connectivity index (χ0) is 16.8. The van der Waals surface area contributed by atoms with Crippen molar-refractivity contribution < 1.29 is 4.92 Å². The summed E-state index contributed by atoms with van der Waals surface area (Å²) < 4.78 is 0. The number of hydrogen-bond donors (Lipinski definition) is 0. The predicted octanol–water partition coefficient (Wildman–Crippen LogP) is 5.54. The Morgan fingerprint density at radius 3 is 2.13 bits per heavy atom. The normalized spacial score (nSPS) is 9.87. The Morgan fingerprint density at radius 1 is 0.870 bits per heavy atom. The second-order valence-corrected chi connectivity index (χ2v) is 4.83. The summed E-state index contributed by atoms with van der Waals surface area (Å²) in [7, 11) is 1.96. The molecule has 4 nitrogen and oxygen atoms in total. The Hall–Kier alpha value is -2.88. The van der Waals surface area contributed by atoms with Crippen LogP contribution in [0.25, 0.3) is 10.8 Å². The van der Waals surface area contributed by atoms with Crippen LogP contribution in [0.1, 0.15) is 13.8 Å². The van der Waals surface area contributed by atoms with Gasteiger partial charge in [-0.15, -0.1) is 0 Å². The fourth-order valence-corrected chi connectivity index (χ4v) is 2.44. The molecule has 0 amide bonds. The monoisotopic (exact) mass is 308 g/mol. The number of non-ortho nitro benzene ring substituents is 1. The lowest BCUT2D eigenvalue weighted by Crippen LogP contribution is -2.09. The third-order valence-corrected chi connectivity index (χ3v) is 3.58. The van der Waals surface area contributed by atoms with Crippen molar-refractivity contribution in [2.45, 2.75) is 13.8 Å². The molecule has 3 rings (SSSR count). The molecule has 4 heteroatoms. The van der Waals surface area contributed by atoms with Gasteiger partial charge in [-0.3, -0.25) is 10.1 Å². The molecule has 0 aliphatic carbocycles. The van der Waals surface area contributed by atoms with Crippen LogP contribution in [-0.2, 0) is 0 Å². The van der Waals surface area contributed by atoms with E-state index >= 15 is 0 Å². The van der Waals surface area contributed by atoms with Gasteiger partial charge < -0.3 is 4.90 Å². The van der Waals surface area contributed by atoms with Crippen LogP contribution in [0.15, 0.2) is 66.7 Å². The SMILES string of the molecule is CC.CN(c1ccc([N+](=O)[O-])cc1)c1cccc2ccccc12. The molecule has 0 saturated heterocycles. The smallest absolute Gasteiger partial charge is 0.269 e. The number of hydrogen-bond acceptors (Lipinski definition) is 3. The van der Waals surface area contributed by atoms with Gasteiger partial charge in [-0.05, 0) is 23.6 Å². The minimum atomic E-state index is -0.387. The number of nitrogens with zero attached hydrogens (tertiary/aromatic N) is 2. The average molecular weight is 308 g/mol. The van der Waals surface area contributed by atoms with E-state index in [2.05, 4.69) is 18.2 Å². The Bertz CT molecular complexity index is 793. The zero-order valence-corrected chi connectivity index (χ0v) is 13.6. The molecule has 118 valence electrons. The fraction of sp³-hybridized carbons (Fsp3) is 0.158. The van der Waals surface area contributed by atoms with Crippen molar-refractivity contribution in [1.29, 1.82) is 0 Å². The van der Waals surface area contributed by atoms with Gasteiger partial charge in [0.05, 0.1) is 4.92 Å². The maximum Gasteiger partial charge on any atom is 0.269 e. The number of benzene rings is 3. The van der Waals surface area contributed by atoms with E-state index in [1.807, 2.05) is 50.1 Å². The van der Waals surface area contributed by atoms with Crippen molar-refractivity contribution in [3.8, 4) is 0 Å². The molecule has 0 aromatic heterocycles. The van der Waals surface area contributed by atoms with E-state index in [1.165, 1.54) is 17.5 Å². The highest BCUT2D eigenvalue weighted by molar-refractivity contribution is 5.95. The van der Waals surface area contributed by atoms with Crippen LogP contribution < -0.4 is 4.90 Å². The van der Waals surface area contributed by atoms with E-state index in [0.29, 0.717) is 0 Å². The van der Waals surface area contributed by atoms with Crippen LogP contribution in [0.4, 0.5) is 17.1 Å². The minimum Gasteiger partial charge on any atom is -0.344 e. The highest BCUT2D eigenvalue weighted by Crippen LogP contribution is 2.31. The minimum absolute atomic E-state index is 0.102. The van der Waals surface area contributed by atoms with Gasteiger partial charge in [-0.1, -0.05) is 50.2 Å². The van der Waals surface area contributed by atoms with Gasteiger partial charge in [-0.2, -0.15) is 0 Å². The first-order chi connectivity index (χ1) is 11.2. The molecule has 3 aromatic rings. The van der Waals surface area contributed by atoms with Crippen LogP contribution >= 0.6 is 0 Å². The molecule has 0 atom stereocenters. The number of anilines is 2. The van der Waals surface area contributed by atoms with Crippen molar-refractivity contribution in [3.05, 3.63) is 76.8 Å². The van der Waals surface area contributed by atoms with Crippen LogP contribution in [0.5, 0.6) is 0 Å². The number of nitro benzene ring substituents is 1. The molecule has 23 heavy (non-hydrogen) atoms. The summed E-state index contributed by atoms with van der Waals surface area (Å²) in [4.78, 5) is 12.4. The van der Waals surface area contributed by atoms with Crippen LogP contribution in [0.2, 0.25) is 0 Å². The van der Waals surface area contributed by atoms with Crippen molar-refractivity contribution in [3.63, 3.8) is 0 Å². The quantitative estimate of drug-likeness (QED) is 0.471. The van der Waals surface area contributed by atoms with Crippen LogP contribution in [0, 0.1) is 10.1 Å². The molecule has 3 aromatic carbocycles. The van der Waals surface area contributed by atoms with Gasteiger partial charge in [0.2, 0.25) is 0 Å². The van der Waals surface area contributed by atoms with Gasteiger partial charge in [-0.25, -0.2) is 0 Å². The lowest BCUT2D eigenvalue weighted by molar-refractivity contribution is -0.384. The van der Waals surface area contributed by atoms with E-state index < -0.39 is 0 Å². The van der Waals surface area contributed by atoms with Crippen molar-refractivity contribution in [2.75, 3.05) is 11.9 Å². The Kier molecular flexibility index (Phi) is 5.31. The van der Waals surface area contributed by atoms with Gasteiger partial charge in [0, 0.05) is 35.9 Å². The molecular weight excluding hydrogens is 288 g/mol. The van der Waals surface area contributed by atoms with Gasteiger partial charge >= 0.3 is 0 Å². The molecule has 0 fully saturated rings. The largest absolute Gasteiger partial charge is 0.344 e. The summed E-state index contributed by atoms with van der Waals surface area (Å²) in [5.41, 5.74) is 2.09. The van der Waals surface area contributed by atoms with Gasteiger partial charge in [0.15, 0.2) is 0 Å². The topological polar surface area (TPSA) is 46.4 Å². The molecule has 0 radical (unpaired) electrons. The lowest BCUT2D eigenvalue weighted by atomic mass is 10.1. The number of rotatable bonds is 3. The molecule has 0 unspecified atom stereocenters. The van der Waals surface area contributed by atoms with E-state index in [9.17, 15) is 10.1 Å². The summed E-state index contributed by atoms with van der Waals surface area (Å²) in [6.07, 6.45) is 0. The molecule has 0 heterocycles. The third-order valence-electron chi connectivity index (χ3n) is 3.58. The molecule has 0 aliphatic rings. The highest BCUT2D eigenvalue weighted by atomic mass is 16.6. The first-order valence-corrected chi connectivity index (χ1v) is 7.63. The standard InChI is InChI=1S/C17H14N2O2.C2H6/c1-18(14-9-11-15(12-10-14)19(20)21)17-8-4-6-13-5-2-3-7-16(13)17;1-2/h2-12H,1H3;1-2H3. The van der Waals surface area contributed by atoms with Crippen molar-refractivity contribution >= 4 is 27.8 Å². The Morgan fingerprint density at radius 2 is 1.48 bits per heavy atom. The number of nitro groups is 1. The van der Waals surface area contributed by atoms with E-state index in [4.69, 9.17) is 0 Å². The molecule has 0 spiro atoms. The fourth-order valence-electron chi connectivity index (χ4n) is 2.44. The lowest BCUT2D eigenvalue weighted by Gasteiger charge is -2.21. The maximum atomic E-state index is 10.7. The van der Waals surface area contributed by atoms with Crippen molar-refractivity contribution in [1.82, 2.24) is 0 Å². The Labute approximate surface area is 136 Å². The summed E-state index contributed by atoms with van der Waals surface area (Å²) in [6.45, 7) is 4.00.